The zero-order valence-corrected chi connectivity index (χ0v) is 11.2. The number of para-hydroxylation sites is 1. The largest absolute Gasteiger partial charge is 0.491 e. The van der Waals surface area contributed by atoms with Crippen molar-refractivity contribution in [2.45, 2.75) is 31.7 Å². The van der Waals surface area contributed by atoms with E-state index in [-0.39, 0.29) is 0 Å². The summed E-state index contributed by atoms with van der Waals surface area (Å²) in [5.41, 5.74) is 1.30. The Balaban J connectivity index is 1.74. The second kappa shape index (κ2) is 7.39. The lowest BCUT2D eigenvalue weighted by Gasteiger charge is -2.11. The van der Waals surface area contributed by atoms with Crippen molar-refractivity contribution in [1.29, 1.82) is 0 Å². The average molecular weight is 249 g/mol. The lowest BCUT2D eigenvalue weighted by Crippen LogP contribution is -2.18. The van der Waals surface area contributed by atoms with Crippen LogP contribution in [0.3, 0.4) is 0 Å². The summed E-state index contributed by atoms with van der Waals surface area (Å²) >= 11 is 0. The number of benzene rings is 1. The molecule has 3 nitrogen and oxygen atoms in total. The van der Waals surface area contributed by atoms with E-state index < -0.39 is 0 Å². The third-order valence-corrected chi connectivity index (χ3v) is 3.15. The highest BCUT2D eigenvalue weighted by atomic mass is 16.5. The molecule has 0 unspecified atom stereocenters. The first-order valence-corrected chi connectivity index (χ1v) is 6.83. The Hall–Kier alpha value is -1.06. The van der Waals surface area contributed by atoms with Gasteiger partial charge in [0.2, 0.25) is 0 Å². The highest BCUT2D eigenvalue weighted by molar-refractivity contribution is 5.33. The first kappa shape index (κ1) is 13.4. The fourth-order valence-electron chi connectivity index (χ4n) is 1.96. The summed E-state index contributed by atoms with van der Waals surface area (Å²) in [6, 6.07) is 9.10. The summed E-state index contributed by atoms with van der Waals surface area (Å²) in [6.07, 6.45) is 4.96. The van der Waals surface area contributed by atoms with Gasteiger partial charge < -0.3 is 14.8 Å². The van der Waals surface area contributed by atoms with Crippen LogP contribution in [0.5, 0.6) is 5.75 Å². The minimum absolute atomic E-state index is 0.619. The second-order valence-corrected chi connectivity index (χ2v) is 4.78. The van der Waals surface area contributed by atoms with Gasteiger partial charge in [-0.15, -0.1) is 0 Å². The van der Waals surface area contributed by atoms with E-state index in [0.29, 0.717) is 13.2 Å². The van der Waals surface area contributed by atoms with Crippen LogP contribution in [0.15, 0.2) is 24.3 Å². The predicted octanol–water partition coefficient (Wildman–Crippen LogP) is 2.40. The van der Waals surface area contributed by atoms with Crippen LogP contribution in [0, 0.1) is 0 Å². The molecule has 0 amide bonds. The molecule has 0 saturated heterocycles. The maximum atomic E-state index is 5.72. The van der Waals surface area contributed by atoms with E-state index in [4.69, 9.17) is 9.47 Å². The molecule has 0 atom stereocenters. The number of ether oxygens (including phenoxy) is 2. The molecular formula is C15H23NO2. The molecule has 18 heavy (non-hydrogen) atoms. The van der Waals surface area contributed by atoms with E-state index in [1.165, 1.54) is 24.8 Å². The smallest absolute Gasteiger partial charge is 0.122 e. The monoisotopic (exact) mass is 249 g/mol. The van der Waals surface area contributed by atoms with Crippen LogP contribution in [0.4, 0.5) is 0 Å². The Morgan fingerprint density at radius 1 is 1.22 bits per heavy atom. The van der Waals surface area contributed by atoms with Crippen molar-refractivity contribution < 1.29 is 9.47 Å². The molecule has 1 saturated carbocycles. The second-order valence-electron chi connectivity index (χ2n) is 4.78. The van der Waals surface area contributed by atoms with Gasteiger partial charge >= 0.3 is 0 Å². The number of rotatable bonds is 9. The molecular weight excluding hydrogens is 226 g/mol. The number of methoxy groups -OCH3 is 1. The van der Waals surface area contributed by atoms with E-state index in [9.17, 15) is 0 Å². The molecule has 1 aliphatic rings. The Bertz CT molecular complexity index is 350. The van der Waals surface area contributed by atoms with Crippen LogP contribution in [-0.2, 0) is 11.2 Å². The molecule has 0 heterocycles. The fraction of sp³-hybridized carbons (Fsp3) is 0.600. The molecule has 0 bridgehead atoms. The summed E-state index contributed by atoms with van der Waals surface area (Å²) in [7, 11) is 1.69. The summed E-state index contributed by atoms with van der Waals surface area (Å²) in [5, 5.41) is 3.54. The van der Waals surface area contributed by atoms with Crippen molar-refractivity contribution in [1.82, 2.24) is 5.32 Å². The maximum Gasteiger partial charge on any atom is 0.122 e. The van der Waals surface area contributed by atoms with E-state index in [2.05, 4.69) is 17.4 Å². The molecule has 1 fully saturated rings. The topological polar surface area (TPSA) is 30.5 Å². The van der Waals surface area contributed by atoms with Crippen molar-refractivity contribution in [2.75, 3.05) is 26.9 Å². The van der Waals surface area contributed by atoms with Gasteiger partial charge in [0.1, 0.15) is 12.4 Å². The van der Waals surface area contributed by atoms with E-state index in [1.54, 1.807) is 7.11 Å². The van der Waals surface area contributed by atoms with Crippen LogP contribution >= 0.6 is 0 Å². The molecule has 2 rings (SSSR count). The van der Waals surface area contributed by atoms with Crippen molar-refractivity contribution in [2.24, 2.45) is 0 Å². The third-order valence-electron chi connectivity index (χ3n) is 3.15. The summed E-state index contributed by atoms with van der Waals surface area (Å²) in [6.45, 7) is 2.36. The minimum atomic E-state index is 0.619. The number of hydrogen-bond acceptors (Lipinski definition) is 3. The van der Waals surface area contributed by atoms with Crippen molar-refractivity contribution in [3.63, 3.8) is 0 Å². The average Bonchev–Trinajstić information content (AvgIpc) is 3.21. The van der Waals surface area contributed by atoms with Crippen LogP contribution in [0.2, 0.25) is 0 Å². The molecule has 0 aromatic heterocycles. The third kappa shape index (κ3) is 4.67. The lowest BCUT2D eigenvalue weighted by atomic mass is 10.1. The minimum Gasteiger partial charge on any atom is -0.491 e. The predicted molar refractivity (Wildman–Crippen MR) is 73.2 cm³/mol. The van der Waals surface area contributed by atoms with Crippen LogP contribution < -0.4 is 10.1 Å². The zero-order chi connectivity index (χ0) is 12.6. The van der Waals surface area contributed by atoms with Gasteiger partial charge in [-0.1, -0.05) is 18.2 Å². The fourth-order valence-corrected chi connectivity index (χ4v) is 1.96. The van der Waals surface area contributed by atoms with Gasteiger partial charge in [0, 0.05) is 13.2 Å². The molecule has 0 spiro atoms. The van der Waals surface area contributed by atoms with Gasteiger partial charge in [0.25, 0.3) is 0 Å². The van der Waals surface area contributed by atoms with Crippen LogP contribution in [-0.4, -0.2) is 32.9 Å². The van der Waals surface area contributed by atoms with Crippen molar-refractivity contribution in [3.8, 4) is 5.75 Å². The van der Waals surface area contributed by atoms with Crippen LogP contribution in [0.25, 0.3) is 0 Å². The molecule has 1 N–H and O–H groups in total. The van der Waals surface area contributed by atoms with E-state index >= 15 is 0 Å². The van der Waals surface area contributed by atoms with Gasteiger partial charge in [-0.05, 0) is 43.9 Å². The lowest BCUT2D eigenvalue weighted by molar-refractivity contribution is 0.145. The van der Waals surface area contributed by atoms with E-state index in [1.807, 2.05) is 12.1 Å². The van der Waals surface area contributed by atoms with E-state index in [0.717, 1.165) is 24.8 Å². The van der Waals surface area contributed by atoms with Gasteiger partial charge in [-0.2, -0.15) is 0 Å². The van der Waals surface area contributed by atoms with Gasteiger partial charge in [0.05, 0.1) is 6.61 Å². The van der Waals surface area contributed by atoms with Crippen LogP contribution in [0.1, 0.15) is 24.8 Å². The zero-order valence-electron chi connectivity index (χ0n) is 11.2. The molecule has 3 heteroatoms. The summed E-state index contributed by atoms with van der Waals surface area (Å²) in [5.74, 6) is 1.00. The quantitative estimate of drug-likeness (QED) is 0.682. The molecule has 0 radical (unpaired) electrons. The van der Waals surface area contributed by atoms with Crippen molar-refractivity contribution in [3.05, 3.63) is 29.8 Å². The first-order valence-electron chi connectivity index (χ1n) is 6.83. The SMILES string of the molecule is COCCOc1ccccc1CCCNC1CC1. The first-order chi connectivity index (χ1) is 8.90. The number of aryl methyl sites for hydroxylation is 1. The summed E-state index contributed by atoms with van der Waals surface area (Å²) in [4.78, 5) is 0. The standard InChI is InChI=1S/C15H23NO2/c1-17-11-12-18-15-7-3-2-5-13(15)6-4-10-16-14-8-9-14/h2-3,5,7,14,16H,4,6,8-12H2,1H3. The molecule has 100 valence electrons. The molecule has 1 aromatic rings. The van der Waals surface area contributed by atoms with Gasteiger partial charge in [-0.3, -0.25) is 0 Å². The molecule has 0 aliphatic heterocycles. The number of hydrogen-bond donors (Lipinski definition) is 1. The highest BCUT2D eigenvalue weighted by Gasteiger charge is 2.19. The van der Waals surface area contributed by atoms with Gasteiger partial charge in [0.15, 0.2) is 0 Å². The highest BCUT2D eigenvalue weighted by Crippen LogP contribution is 2.21. The Morgan fingerprint density at radius 3 is 2.83 bits per heavy atom. The molecule has 1 aromatic carbocycles. The normalized spacial score (nSPS) is 14.7. The maximum absolute atomic E-state index is 5.72. The molecule has 1 aliphatic carbocycles. The number of nitrogens with one attached hydrogen (secondary N) is 1. The van der Waals surface area contributed by atoms with Crippen molar-refractivity contribution >= 4 is 0 Å². The van der Waals surface area contributed by atoms with Gasteiger partial charge in [-0.25, -0.2) is 0 Å². The Kier molecular flexibility index (Phi) is 5.49. The summed E-state index contributed by atoms with van der Waals surface area (Å²) < 4.78 is 10.7. The Labute approximate surface area is 109 Å². The Morgan fingerprint density at radius 2 is 2.06 bits per heavy atom.